The van der Waals surface area contributed by atoms with Crippen molar-refractivity contribution in [2.24, 2.45) is 5.92 Å². The summed E-state index contributed by atoms with van der Waals surface area (Å²) < 4.78 is 0. The van der Waals surface area contributed by atoms with Gasteiger partial charge in [0, 0.05) is 12.1 Å². The van der Waals surface area contributed by atoms with Crippen LogP contribution in [-0.2, 0) is 11.2 Å². The van der Waals surface area contributed by atoms with E-state index in [2.05, 4.69) is 12.2 Å². The maximum Gasteiger partial charge on any atom is 0.224 e. The van der Waals surface area contributed by atoms with Gasteiger partial charge in [-0.3, -0.25) is 4.79 Å². The summed E-state index contributed by atoms with van der Waals surface area (Å²) in [7, 11) is 0. The first kappa shape index (κ1) is 11.8. The fraction of sp³-hybridized carbons (Fsp3) is 0.462. The lowest BCUT2D eigenvalue weighted by Gasteiger charge is -2.10. The maximum absolute atomic E-state index is 11.6. The van der Waals surface area contributed by atoms with E-state index in [-0.39, 0.29) is 5.91 Å². The molecule has 0 aliphatic rings. The Morgan fingerprint density at radius 2 is 2.00 bits per heavy atom. The van der Waals surface area contributed by atoms with Gasteiger partial charge in [0.25, 0.3) is 0 Å². The molecule has 0 aliphatic carbocycles. The first-order valence-electron chi connectivity index (χ1n) is 5.51. The number of para-hydroxylation sites is 1. The van der Waals surface area contributed by atoms with Gasteiger partial charge in [-0.25, -0.2) is 0 Å². The lowest BCUT2D eigenvalue weighted by atomic mass is 10.1. The number of aryl methyl sites for hydroxylation is 1. The Balaban J connectivity index is 2.67. The molecule has 0 unspecified atom stereocenters. The van der Waals surface area contributed by atoms with Gasteiger partial charge in [0.05, 0.1) is 0 Å². The van der Waals surface area contributed by atoms with Crippen molar-refractivity contribution in [3.05, 3.63) is 29.8 Å². The van der Waals surface area contributed by atoms with Gasteiger partial charge in [0.15, 0.2) is 0 Å². The van der Waals surface area contributed by atoms with Crippen LogP contribution in [0.15, 0.2) is 24.3 Å². The van der Waals surface area contributed by atoms with E-state index in [9.17, 15) is 4.79 Å². The van der Waals surface area contributed by atoms with Gasteiger partial charge >= 0.3 is 0 Å². The second-order valence-electron chi connectivity index (χ2n) is 4.16. The summed E-state index contributed by atoms with van der Waals surface area (Å²) in [5.74, 6) is 0.504. The molecule has 0 atom stereocenters. The highest BCUT2D eigenvalue weighted by atomic mass is 16.1. The number of anilines is 1. The van der Waals surface area contributed by atoms with Crippen LogP contribution in [0, 0.1) is 5.92 Å². The molecular formula is C13H19NO. The Labute approximate surface area is 91.7 Å². The minimum atomic E-state index is 0.103. The summed E-state index contributed by atoms with van der Waals surface area (Å²) in [6, 6.07) is 7.95. The number of carbonyl (C=O) groups is 1. The molecule has 15 heavy (non-hydrogen) atoms. The molecule has 2 nitrogen and oxygen atoms in total. The molecule has 0 radical (unpaired) electrons. The average molecular weight is 205 g/mol. The quantitative estimate of drug-likeness (QED) is 0.803. The molecule has 0 spiro atoms. The number of rotatable bonds is 4. The molecule has 1 aromatic rings. The Hall–Kier alpha value is -1.31. The van der Waals surface area contributed by atoms with E-state index in [1.54, 1.807) is 0 Å². The molecule has 82 valence electrons. The van der Waals surface area contributed by atoms with Crippen LogP contribution in [-0.4, -0.2) is 5.91 Å². The minimum absolute atomic E-state index is 0.103. The number of hydrogen-bond acceptors (Lipinski definition) is 1. The largest absolute Gasteiger partial charge is 0.326 e. The predicted molar refractivity (Wildman–Crippen MR) is 63.9 cm³/mol. The molecule has 0 bridgehead atoms. The monoisotopic (exact) mass is 205 g/mol. The average Bonchev–Trinajstić information content (AvgIpc) is 2.17. The SMILES string of the molecule is CCc1ccccc1NC(=O)CC(C)C. The molecule has 0 saturated heterocycles. The highest BCUT2D eigenvalue weighted by molar-refractivity contribution is 5.91. The number of carbonyl (C=O) groups excluding carboxylic acids is 1. The maximum atomic E-state index is 11.6. The topological polar surface area (TPSA) is 29.1 Å². The molecule has 1 N–H and O–H groups in total. The fourth-order valence-electron chi connectivity index (χ4n) is 1.52. The first-order valence-corrected chi connectivity index (χ1v) is 5.51. The lowest BCUT2D eigenvalue weighted by Crippen LogP contribution is -2.14. The van der Waals surface area contributed by atoms with Crippen molar-refractivity contribution in [1.82, 2.24) is 0 Å². The third-order valence-electron chi connectivity index (χ3n) is 2.27. The second-order valence-corrected chi connectivity index (χ2v) is 4.16. The Morgan fingerprint density at radius 3 is 2.60 bits per heavy atom. The van der Waals surface area contributed by atoms with Crippen molar-refractivity contribution in [2.45, 2.75) is 33.6 Å². The highest BCUT2D eigenvalue weighted by Gasteiger charge is 2.06. The summed E-state index contributed by atoms with van der Waals surface area (Å²) >= 11 is 0. The summed E-state index contributed by atoms with van der Waals surface area (Å²) in [6.45, 7) is 6.18. The predicted octanol–water partition coefficient (Wildman–Crippen LogP) is 3.23. The molecule has 1 rings (SSSR count). The van der Waals surface area contributed by atoms with Crippen LogP contribution in [0.4, 0.5) is 5.69 Å². The van der Waals surface area contributed by atoms with Crippen molar-refractivity contribution in [1.29, 1.82) is 0 Å². The summed E-state index contributed by atoms with van der Waals surface area (Å²) in [6.07, 6.45) is 1.52. The van der Waals surface area contributed by atoms with E-state index in [0.717, 1.165) is 12.1 Å². The van der Waals surface area contributed by atoms with Crippen LogP contribution in [0.25, 0.3) is 0 Å². The molecule has 1 amide bonds. The standard InChI is InChI=1S/C13H19NO/c1-4-11-7-5-6-8-12(11)14-13(15)9-10(2)3/h5-8,10H,4,9H2,1-3H3,(H,14,15). The summed E-state index contributed by atoms with van der Waals surface area (Å²) in [4.78, 5) is 11.6. The van der Waals surface area contributed by atoms with Crippen molar-refractivity contribution in [2.75, 3.05) is 5.32 Å². The summed E-state index contributed by atoms with van der Waals surface area (Å²) in [5.41, 5.74) is 2.14. The molecule has 1 aromatic carbocycles. The second kappa shape index (κ2) is 5.54. The molecule has 0 fully saturated rings. The van der Waals surface area contributed by atoms with Gasteiger partial charge in [-0.15, -0.1) is 0 Å². The van der Waals surface area contributed by atoms with Crippen LogP contribution in [0.2, 0.25) is 0 Å². The zero-order valence-electron chi connectivity index (χ0n) is 9.71. The number of benzene rings is 1. The van der Waals surface area contributed by atoms with Crippen molar-refractivity contribution in [3.8, 4) is 0 Å². The highest BCUT2D eigenvalue weighted by Crippen LogP contribution is 2.16. The number of amides is 1. The first-order chi connectivity index (χ1) is 7.13. The van der Waals surface area contributed by atoms with E-state index in [0.29, 0.717) is 12.3 Å². The van der Waals surface area contributed by atoms with Crippen molar-refractivity contribution < 1.29 is 4.79 Å². The van der Waals surface area contributed by atoms with E-state index in [1.165, 1.54) is 5.56 Å². The Bertz CT molecular complexity index is 331. The molecule has 2 heteroatoms. The van der Waals surface area contributed by atoms with E-state index < -0.39 is 0 Å². The van der Waals surface area contributed by atoms with E-state index in [1.807, 2.05) is 38.1 Å². The Morgan fingerprint density at radius 1 is 1.33 bits per heavy atom. The van der Waals surface area contributed by atoms with Crippen molar-refractivity contribution in [3.63, 3.8) is 0 Å². The molecular weight excluding hydrogens is 186 g/mol. The normalized spacial score (nSPS) is 10.4. The van der Waals surface area contributed by atoms with E-state index in [4.69, 9.17) is 0 Å². The zero-order chi connectivity index (χ0) is 11.3. The molecule has 0 heterocycles. The van der Waals surface area contributed by atoms with Gasteiger partial charge in [-0.2, -0.15) is 0 Å². The van der Waals surface area contributed by atoms with Gasteiger partial charge in [0.2, 0.25) is 5.91 Å². The van der Waals surface area contributed by atoms with Crippen LogP contribution >= 0.6 is 0 Å². The van der Waals surface area contributed by atoms with Gasteiger partial charge < -0.3 is 5.32 Å². The van der Waals surface area contributed by atoms with Crippen LogP contribution in [0.1, 0.15) is 32.8 Å². The molecule has 0 aliphatic heterocycles. The zero-order valence-corrected chi connectivity index (χ0v) is 9.71. The Kier molecular flexibility index (Phi) is 4.35. The van der Waals surface area contributed by atoms with Crippen molar-refractivity contribution >= 4 is 11.6 Å². The molecule has 0 aromatic heterocycles. The number of nitrogens with one attached hydrogen (secondary N) is 1. The lowest BCUT2D eigenvalue weighted by molar-refractivity contribution is -0.116. The van der Waals surface area contributed by atoms with Gasteiger partial charge in [0.1, 0.15) is 0 Å². The smallest absolute Gasteiger partial charge is 0.224 e. The number of hydrogen-bond donors (Lipinski definition) is 1. The fourth-order valence-corrected chi connectivity index (χ4v) is 1.52. The van der Waals surface area contributed by atoms with Crippen LogP contribution < -0.4 is 5.32 Å². The third-order valence-corrected chi connectivity index (χ3v) is 2.27. The van der Waals surface area contributed by atoms with Crippen LogP contribution in [0.5, 0.6) is 0 Å². The third kappa shape index (κ3) is 3.74. The van der Waals surface area contributed by atoms with Gasteiger partial charge in [-0.1, -0.05) is 39.0 Å². The molecule has 0 saturated carbocycles. The van der Waals surface area contributed by atoms with Crippen LogP contribution in [0.3, 0.4) is 0 Å². The summed E-state index contributed by atoms with van der Waals surface area (Å²) in [5, 5.41) is 2.95. The minimum Gasteiger partial charge on any atom is -0.326 e. The van der Waals surface area contributed by atoms with Gasteiger partial charge in [-0.05, 0) is 24.0 Å². The van der Waals surface area contributed by atoms with E-state index >= 15 is 0 Å².